The number of hydrogen-bond acceptors (Lipinski definition) is 5. The van der Waals surface area contributed by atoms with Crippen molar-refractivity contribution in [1.82, 2.24) is 9.97 Å². The van der Waals surface area contributed by atoms with E-state index in [4.69, 9.17) is 5.26 Å². The van der Waals surface area contributed by atoms with Crippen molar-refractivity contribution < 1.29 is 0 Å². The van der Waals surface area contributed by atoms with Gasteiger partial charge in [-0.2, -0.15) is 5.26 Å². The molecular formula is C21H27N3S2. The number of unbranched alkanes of at least 4 members (excludes halogenated alkanes) is 5. The van der Waals surface area contributed by atoms with Gasteiger partial charge in [0.25, 0.3) is 0 Å². The average Bonchev–Trinajstić information content (AvgIpc) is 2.68. The van der Waals surface area contributed by atoms with E-state index in [0.29, 0.717) is 0 Å². The first kappa shape index (κ1) is 20.8. The highest BCUT2D eigenvalue weighted by Crippen LogP contribution is 2.26. The number of rotatable bonds is 11. The van der Waals surface area contributed by atoms with E-state index >= 15 is 0 Å². The molecule has 0 bridgehead atoms. The van der Waals surface area contributed by atoms with Crippen LogP contribution >= 0.6 is 23.5 Å². The largest absolute Gasteiger partial charge is 0.230 e. The summed E-state index contributed by atoms with van der Waals surface area (Å²) in [4.78, 5) is 10.1. The molecule has 0 amide bonds. The summed E-state index contributed by atoms with van der Waals surface area (Å²) in [6.45, 7) is 4.16. The van der Waals surface area contributed by atoms with Gasteiger partial charge in [-0.3, -0.25) is 0 Å². The normalized spacial score (nSPS) is 11.9. The van der Waals surface area contributed by atoms with Crippen LogP contribution in [0.25, 0.3) is 11.1 Å². The van der Waals surface area contributed by atoms with Crippen LogP contribution < -0.4 is 0 Å². The molecule has 0 fully saturated rings. The minimum Gasteiger partial charge on any atom is -0.230 e. The van der Waals surface area contributed by atoms with E-state index in [2.05, 4.69) is 47.2 Å². The number of benzene rings is 1. The third-order valence-corrected chi connectivity index (χ3v) is 6.00. The fraction of sp³-hybridized carbons (Fsp3) is 0.476. The van der Waals surface area contributed by atoms with Crippen molar-refractivity contribution >= 4 is 23.5 Å². The molecule has 0 aliphatic heterocycles. The molecule has 2 aromatic rings. The van der Waals surface area contributed by atoms with Crippen LogP contribution in [0.1, 0.15) is 52.4 Å². The Morgan fingerprint density at radius 1 is 0.962 bits per heavy atom. The molecule has 0 radical (unpaired) electrons. The topological polar surface area (TPSA) is 49.6 Å². The predicted molar refractivity (Wildman–Crippen MR) is 113 cm³/mol. The van der Waals surface area contributed by atoms with Crippen molar-refractivity contribution in [2.45, 2.75) is 67.7 Å². The Bertz CT molecular complexity index is 678. The zero-order valence-corrected chi connectivity index (χ0v) is 17.3. The first-order valence-electron chi connectivity index (χ1n) is 9.34. The summed E-state index contributed by atoms with van der Waals surface area (Å²) in [5, 5.41) is 9.71. The van der Waals surface area contributed by atoms with Gasteiger partial charge in [0.2, 0.25) is 0 Å². The maximum absolute atomic E-state index is 8.89. The van der Waals surface area contributed by atoms with Crippen molar-refractivity contribution in [3.8, 4) is 17.2 Å². The molecular weight excluding hydrogens is 358 g/mol. The molecule has 0 saturated carbocycles. The van der Waals surface area contributed by atoms with E-state index in [1.165, 1.54) is 38.5 Å². The second kappa shape index (κ2) is 12.0. The Balaban J connectivity index is 1.79. The fourth-order valence-electron chi connectivity index (χ4n) is 2.54. The Morgan fingerprint density at radius 2 is 1.62 bits per heavy atom. The van der Waals surface area contributed by atoms with Gasteiger partial charge in [0.05, 0.1) is 11.3 Å². The van der Waals surface area contributed by atoms with Crippen LogP contribution in [-0.2, 0) is 0 Å². The van der Waals surface area contributed by atoms with Crippen molar-refractivity contribution in [2.24, 2.45) is 0 Å². The molecule has 138 valence electrons. The lowest BCUT2D eigenvalue weighted by Gasteiger charge is -2.06. The van der Waals surface area contributed by atoms with Gasteiger partial charge in [-0.25, -0.2) is 9.97 Å². The molecule has 5 heteroatoms. The first-order chi connectivity index (χ1) is 12.7. The van der Waals surface area contributed by atoms with Gasteiger partial charge in [-0.15, -0.1) is 11.8 Å². The lowest BCUT2D eigenvalue weighted by molar-refractivity contribution is 0.627. The third kappa shape index (κ3) is 7.39. The van der Waals surface area contributed by atoms with Gasteiger partial charge in [-0.05, 0) is 31.0 Å². The van der Waals surface area contributed by atoms with Crippen LogP contribution in [-0.4, -0.2) is 21.0 Å². The van der Waals surface area contributed by atoms with E-state index in [9.17, 15) is 0 Å². The van der Waals surface area contributed by atoms with Crippen LogP contribution in [0.15, 0.2) is 46.7 Å². The summed E-state index contributed by atoms with van der Waals surface area (Å²) in [7, 11) is 0. The van der Waals surface area contributed by atoms with E-state index in [1.54, 1.807) is 23.5 Å². The van der Waals surface area contributed by atoms with Crippen LogP contribution in [0.5, 0.6) is 0 Å². The SMILES string of the molecule is CCCCCCCCSc1ncc(-c2ccc(S[C@H](C)C#N)cc2)cn1. The Labute approximate surface area is 166 Å². The van der Waals surface area contributed by atoms with E-state index < -0.39 is 0 Å². The average molecular weight is 386 g/mol. The van der Waals surface area contributed by atoms with Crippen LogP contribution in [0.2, 0.25) is 0 Å². The number of nitrogens with zero attached hydrogens (tertiary/aromatic N) is 3. The smallest absolute Gasteiger partial charge is 0.187 e. The quantitative estimate of drug-likeness (QED) is 0.248. The lowest BCUT2D eigenvalue weighted by Crippen LogP contribution is -1.91. The van der Waals surface area contributed by atoms with Gasteiger partial charge in [-0.1, -0.05) is 62.9 Å². The van der Waals surface area contributed by atoms with Crippen molar-refractivity contribution in [3.63, 3.8) is 0 Å². The number of thioether (sulfide) groups is 2. The number of nitriles is 1. The highest BCUT2D eigenvalue weighted by molar-refractivity contribution is 8.00. The van der Waals surface area contributed by atoms with Crippen molar-refractivity contribution in [2.75, 3.05) is 5.75 Å². The maximum atomic E-state index is 8.89. The number of aromatic nitrogens is 2. The molecule has 0 aliphatic rings. The van der Waals surface area contributed by atoms with Crippen LogP contribution in [0.3, 0.4) is 0 Å². The fourth-order valence-corrected chi connectivity index (χ4v) is 4.08. The van der Waals surface area contributed by atoms with E-state index in [1.807, 2.05) is 19.3 Å². The summed E-state index contributed by atoms with van der Waals surface area (Å²) in [6.07, 6.45) is 11.7. The summed E-state index contributed by atoms with van der Waals surface area (Å²) in [6, 6.07) is 10.5. The predicted octanol–water partition coefficient (Wildman–Crippen LogP) is 6.60. The molecule has 0 N–H and O–H groups in total. The monoisotopic (exact) mass is 385 g/mol. The van der Waals surface area contributed by atoms with Gasteiger partial charge >= 0.3 is 0 Å². The molecule has 2 rings (SSSR count). The first-order valence-corrected chi connectivity index (χ1v) is 11.2. The molecule has 26 heavy (non-hydrogen) atoms. The Kier molecular flexibility index (Phi) is 9.58. The minimum atomic E-state index is -0.0351. The molecule has 0 spiro atoms. The molecule has 0 unspecified atom stereocenters. The van der Waals surface area contributed by atoms with Crippen molar-refractivity contribution in [3.05, 3.63) is 36.7 Å². The standard InChI is InChI=1S/C21H27N3S2/c1-3-4-5-6-7-8-13-25-21-23-15-19(16-24-21)18-9-11-20(12-10-18)26-17(2)14-22/h9-12,15-17H,3-8,13H2,1-2H3/t17-/m1/s1. The Morgan fingerprint density at radius 3 is 2.27 bits per heavy atom. The van der Waals surface area contributed by atoms with E-state index in [0.717, 1.165) is 26.9 Å². The highest BCUT2D eigenvalue weighted by atomic mass is 32.2. The molecule has 1 aromatic carbocycles. The molecule has 1 aromatic heterocycles. The summed E-state index contributed by atoms with van der Waals surface area (Å²) < 4.78 is 0. The van der Waals surface area contributed by atoms with Gasteiger partial charge in [0.1, 0.15) is 0 Å². The number of hydrogen-bond donors (Lipinski definition) is 0. The van der Waals surface area contributed by atoms with Gasteiger partial charge < -0.3 is 0 Å². The second-order valence-electron chi connectivity index (χ2n) is 6.28. The zero-order valence-electron chi connectivity index (χ0n) is 15.6. The summed E-state index contributed by atoms with van der Waals surface area (Å²) >= 11 is 3.32. The van der Waals surface area contributed by atoms with Gasteiger partial charge in [0, 0.05) is 28.6 Å². The molecule has 3 nitrogen and oxygen atoms in total. The van der Waals surface area contributed by atoms with Crippen LogP contribution in [0.4, 0.5) is 0 Å². The molecule has 1 atom stereocenters. The lowest BCUT2D eigenvalue weighted by atomic mass is 10.1. The second-order valence-corrected chi connectivity index (χ2v) is 8.76. The Hall–Kier alpha value is -1.51. The molecule has 1 heterocycles. The summed E-state index contributed by atoms with van der Waals surface area (Å²) in [5.74, 6) is 1.09. The molecule has 0 aliphatic carbocycles. The van der Waals surface area contributed by atoms with Crippen LogP contribution in [0, 0.1) is 11.3 Å². The van der Waals surface area contributed by atoms with Crippen molar-refractivity contribution in [1.29, 1.82) is 5.26 Å². The highest BCUT2D eigenvalue weighted by Gasteiger charge is 2.05. The maximum Gasteiger partial charge on any atom is 0.187 e. The zero-order chi connectivity index (χ0) is 18.6. The van der Waals surface area contributed by atoms with Gasteiger partial charge in [0.15, 0.2) is 5.16 Å². The third-order valence-electron chi connectivity index (χ3n) is 4.04. The minimum absolute atomic E-state index is 0.0351. The van der Waals surface area contributed by atoms with E-state index in [-0.39, 0.29) is 5.25 Å². The molecule has 0 saturated heterocycles. The summed E-state index contributed by atoms with van der Waals surface area (Å²) in [5.41, 5.74) is 2.13.